The Hall–Kier alpha value is -2.83. The summed E-state index contributed by atoms with van der Waals surface area (Å²) in [6, 6.07) is 2.98. The number of allylic oxidation sites excluding steroid dienone is 1. The van der Waals surface area contributed by atoms with Gasteiger partial charge < -0.3 is 18.8 Å². The SMILES string of the molecule is COC(=O)C(=C/C(=O)c1ccco1)/C(=C\N(C)C)C(=O)OC. The summed E-state index contributed by atoms with van der Waals surface area (Å²) in [6.45, 7) is 0. The summed E-state index contributed by atoms with van der Waals surface area (Å²) in [5.41, 5.74) is -0.316. The molecule has 0 aliphatic heterocycles. The number of ketones is 1. The van der Waals surface area contributed by atoms with Gasteiger partial charge >= 0.3 is 11.9 Å². The Labute approximate surface area is 127 Å². The summed E-state index contributed by atoms with van der Waals surface area (Å²) >= 11 is 0. The van der Waals surface area contributed by atoms with Crippen LogP contribution >= 0.6 is 0 Å². The van der Waals surface area contributed by atoms with Gasteiger partial charge in [0.2, 0.25) is 5.78 Å². The van der Waals surface area contributed by atoms with Gasteiger partial charge in [0.1, 0.15) is 0 Å². The van der Waals surface area contributed by atoms with E-state index in [9.17, 15) is 14.4 Å². The number of furan rings is 1. The Bertz CT molecular complexity index is 610. The zero-order chi connectivity index (χ0) is 16.7. The van der Waals surface area contributed by atoms with Crippen molar-refractivity contribution in [3.8, 4) is 0 Å². The Morgan fingerprint density at radius 2 is 1.68 bits per heavy atom. The largest absolute Gasteiger partial charge is 0.465 e. The van der Waals surface area contributed by atoms with Crippen LogP contribution in [0.25, 0.3) is 0 Å². The van der Waals surface area contributed by atoms with Gasteiger partial charge in [-0.15, -0.1) is 0 Å². The fourth-order valence-corrected chi connectivity index (χ4v) is 1.58. The predicted molar refractivity (Wildman–Crippen MR) is 76.9 cm³/mol. The molecule has 22 heavy (non-hydrogen) atoms. The third kappa shape index (κ3) is 4.34. The van der Waals surface area contributed by atoms with E-state index in [1.165, 1.54) is 31.7 Å². The summed E-state index contributed by atoms with van der Waals surface area (Å²) in [5.74, 6) is -2.13. The monoisotopic (exact) mass is 307 g/mol. The first-order valence-corrected chi connectivity index (χ1v) is 6.25. The first-order valence-electron chi connectivity index (χ1n) is 6.25. The Balaban J connectivity index is 3.34. The van der Waals surface area contributed by atoms with Crippen molar-refractivity contribution < 1.29 is 28.3 Å². The predicted octanol–water partition coefficient (Wildman–Crippen LogP) is 1.18. The highest BCUT2D eigenvalue weighted by atomic mass is 16.5. The molecule has 0 spiro atoms. The molecule has 0 fully saturated rings. The van der Waals surface area contributed by atoms with E-state index >= 15 is 0 Å². The van der Waals surface area contributed by atoms with E-state index in [0.717, 1.165) is 13.2 Å². The van der Waals surface area contributed by atoms with Gasteiger partial charge in [-0.25, -0.2) is 9.59 Å². The van der Waals surface area contributed by atoms with E-state index in [2.05, 4.69) is 9.47 Å². The van der Waals surface area contributed by atoms with Crippen LogP contribution in [0.4, 0.5) is 0 Å². The van der Waals surface area contributed by atoms with Crippen molar-refractivity contribution in [1.82, 2.24) is 4.90 Å². The maximum absolute atomic E-state index is 12.1. The molecule has 1 aromatic rings. The second-order valence-corrected chi connectivity index (χ2v) is 4.39. The summed E-state index contributed by atoms with van der Waals surface area (Å²) in [6.07, 6.45) is 3.68. The molecular formula is C15H17NO6. The van der Waals surface area contributed by atoms with Crippen LogP contribution in [-0.2, 0) is 19.1 Å². The normalized spacial score (nSPS) is 11.8. The minimum Gasteiger partial charge on any atom is -0.465 e. The molecule has 0 saturated heterocycles. The standard InChI is InChI=1S/C15H17NO6/c1-16(2)9-11(15(19)21-4)10(14(18)20-3)8-12(17)13-6-5-7-22-13/h5-9H,1-4H3/b10-8+,11-9+. The molecule has 0 bridgehead atoms. The Morgan fingerprint density at radius 1 is 1.09 bits per heavy atom. The van der Waals surface area contributed by atoms with Crippen LogP contribution in [0, 0.1) is 0 Å². The van der Waals surface area contributed by atoms with Crippen LogP contribution < -0.4 is 0 Å². The number of carbonyl (C=O) groups excluding carboxylic acids is 3. The van der Waals surface area contributed by atoms with Gasteiger partial charge in [0.25, 0.3) is 0 Å². The van der Waals surface area contributed by atoms with Crippen LogP contribution in [0.2, 0.25) is 0 Å². The number of hydrogen-bond acceptors (Lipinski definition) is 7. The molecule has 1 rings (SSSR count). The molecule has 1 aromatic heterocycles. The van der Waals surface area contributed by atoms with Gasteiger partial charge in [0.05, 0.1) is 31.6 Å². The Kier molecular flexibility index (Phi) is 6.12. The lowest BCUT2D eigenvalue weighted by Gasteiger charge is -2.12. The van der Waals surface area contributed by atoms with Crippen LogP contribution in [0.5, 0.6) is 0 Å². The lowest BCUT2D eigenvalue weighted by atomic mass is 10.0. The van der Waals surface area contributed by atoms with Gasteiger partial charge in [0, 0.05) is 26.4 Å². The van der Waals surface area contributed by atoms with Crippen LogP contribution in [0.1, 0.15) is 10.6 Å². The third-order valence-corrected chi connectivity index (χ3v) is 2.53. The van der Waals surface area contributed by atoms with Crippen molar-refractivity contribution >= 4 is 17.7 Å². The Morgan fingerprint density at radius 3 is 2.14 bits per heavy atom. The smallest absolute Gasteiger partial charge is 0.340 e. The topological polar surface area (TPSA) is 86.1 Å². The second-order valence-electron chi connectivity index (χ2n) is 4.39. The first kappa shape index (κ1) is 17.2. The van der Waals surface area contributed by atoms with Gasteiger partial charge in [-0.1, -0.05) is 0 Å². The maximum atomic E-state index is 12.1. The van der Waals surface area contributed by atoms with Crippen molar-refractivity contribution in [2.75, 3.05) is 28.3 Å². The highest BCUT2D eigenvalue weighted by Crippen LogP contribution is 2.16. The zero-order valence-electron chi connectivity index (χ0n) is 12.8. The minimum atomic E-state index is -0.835. The van der Waals surface area contributed by atoms with E-state index in [-0.39, 0.29) is 16.9 Å². The molecule has 118 valence electrons. The van der Waals surface area contributed by atoms with Gasteiger partial charge in [-0.2, -0.15) is 0 Å². The van der Waals surface area contributed by atoms with Crippen molar-refractivity contribution in [3.63, 3.8) is 0 Å². The number of ether oxygens (including phenoxy) is 2. The highest BCUT2D eigenvalue weighted by Gasteiger charge is 2.24. The molecule has 0 N–H and O–H groups in total. The molecule has 1 heterocycles. The summed E-state index contributed by atoms with van der Waals surface area (Å²) < 4.78 is 14.2. The summed E-state index contributed by atoms with van der Waals surface area (Å²) in [4.78, 5) is 37.4. The van der Waals surface area contributed by atoms with Crippen molar-refractivity contribution in [3.05, 3.63) is 47.6 Å². The van der Waals surface area contributed by atoms with Crippen molar-refractivity contribution in [1.29, 1.82) is 0 Å². The number of hydrogen-bond donors (Lipinski definition) is 0. The molecule has 0 amide bonds. The van der Waals surface area contributed by atoms with E-state index < -0.39 is 17.7 Å². The average Bonchev–Trinajstić information content (AvgIpc) is 3.03. The lowest BCUT2D eigenvalue weighted by molar-refractivity contribution is -0.139. The van der Waals surface area contributed by atoms with E-state index in [1.807, 2.05) is 0 Å². The molecule has 0 saturated carbocycles. The number of rotatable bonds is 6. The lowest BCUT2D eigenvalue weighted by Crippen LogP contribution is -2.19. The second kappa shape index (κ2) is 7.82. The summed E-state index contributed by atoms with van der Waals surface area (Å²) in [7, 11) is 5.64. The molecule has 7 nitrogen and oxygen atoms in total. The fraction of sp³-hybridized carbons (Fsp3) is 0.267. The maximum Gasteiger partial charge on any atom is 0.340 e. The molecule has 0 atom stereocenters. The van der Waals surface area contributed by atoms with Gasteiger partial charge in [-0.05, 0) is 12.1 Å². The highest BCUT2D eigenvalue weighted by molar-refractivity contribution is 6.13. The van der Waals surface area contributed by atoms with Crippen LogP contribution in [0.15, 0.2) is 46.2 Å². The average molecular weight is 307 g/mol. The molecule has 7 heteroatoms. The van der Waals surface area contributed by atoms with Crippen LogP contribution in [0.3, 0.4) is 0 Å². The number of esters is 2. The third-order valence-electron chi connectivity index (χ3n) is 2.53. The molecule has 0 aliphatic rings. The van der Waals surface area contributed by atoms with Crippen molar-refractivity contribution in [2.45, 2.75) is 0 Å². The van der Waals surface area contributed by atoms with E-state index in [4.69, 9.17) is 4.42 Å². The number of nitrogens with zero attached hydrogens (tertiary/aromatic N) is 1. The zero-order valence-corrected chi connectivity index (χ0v) is 12.8. The summed E-state index contributed by atoms with van der Waals surface area (Å²) in [5, 5.41) is 0. The molecular weight excluding hydrogens is 290 g/mol. The molecule has 0 unspecified atom stereocenters. The molecule has 0 aliphatic carbocycles. The first-order chi connectivity index (χ1) is 10.4. The van der Waals surface area contributed by atoms with Gasteiger partial charge in [0.15, 0.2) is 5.76 Å². The number of carbonyl (C=O) groups is 3. The number of methoxy groups -OCH3 is 2. The van der Waals surface area contributed by atoms with E-state index in [0.29, 0.717) is 0 Å². The fourth-order valence-electron chi connectivity index (χ4n) is 1.58. The van der Waals surface area contributed by atoms with E-state index in [1.54, 1.807) is 19.0 Å². The minimum absolute atomic E-state index is 0.0375. The van der Waals surface area contributed by atoms with Crippen LogP contribution in [-0.4, -0.2) is 50.9 Å². The molecule has 0 radical (unpaired) electrons. The van der Waals surface area contributed by atoms with Crippen molar-refractivity contribution in [2.24, 2.45) is 0 Å². The molecule has 0 aromatic carbocycles. The van der Waals surface area contributed by atoms with Gasteiger partial charge in [-0.3, -0.25) is 4.79 Å². The quantitative estimate of drug-likeness (QED) is 0.337.